The highest BCUT2D eigenvalue weighted by atomic mass is 28.4. The Bertz CT molecular complexity index is 823. The van der Waals surface area contributed by atoms with Crippen LogP contribution in [0.15, 0.2) is 12.1 Å². The Morgan fingerprint density at radius 2 is 1.84 bits per heavy atom. The molecule has 1 fully saturated rings. The summed E-state index contributed by atoms with van der Waals surface area (Å²) in [5.41, 5.74) is -0.455. The zero-order chi connectivity index (χ0) is 23.6. The Kier molecular flexibility index (Phi) is 7.72. The van der Waals surface area contributed by atoms with Gasteiger partial charge in [0, 0.05) is 18.7 Å². The highest BCUT2D eigenvalue weighted by Crippen LogP contribution is 2.40. The van der Waals surface area contributed by atoms with Crippen molar-refractivity contribution < 1.29 is 28.7 Å². The molecule has 0 unspecified atom stereocenters. The van der Waals surface area contributed by atoms with E-state index in [1.807, 2.05) is 0 Å². The molecule has 1 aliphatic heterocycles. The van der Waals surface area contributed by atoms with Crippen LogP contribution in [0.5, 0.6) is 11.5 Å². The van der Waals surface area contributed by atoms with Gasteiger partial charge in [-0.25, -0.2) is 0 Å². The van der Waals surface area contributed by atoms with Gasteiger partial charge in [-0.15, -0.1) is 0 Å². The number of nitro groups is 1. The average molecular weight is 455 g/mol. The summed E-state index contributed by atoms with van der Waals surface area (Å²) >= 11 is 0. The number of carbonyl (C=O) groups is 1. The van der Waals surface area contributed by atoms with Crippen molar-refractivity contribution in [3.8, 4) is 11.5 Å². The van der Waals surface area contributed by atoms with Crippen molar-refractivity contribution in [2.24, 2.45) is 0 Å². The van der Waals surface area contributed by atoms with E-state index in [1.54, 1.807) is 0 Å². The molecule has 1 heterocycles. The molecule has 1 amide bonds. The summed E-state index contributed by atoms with van der Waals surface area (Å²) in [5.74, 6) is -0.114. The van der Waals surface area contributed by atoms with Crippen LogP contribution in [0.2, 0.25) is 18.1 Å². The van der Waals surface area contributed by atoms with Crippen LogP contribution < -0.4 is 9.47 Å². The minimum absolute atomic E-state index is 0.0505. The molecule has 1 aliphatic rings. The molecule has 1 N–H and O–H groups in total. The molecule has 0 aromatic heterocycles. The van der Waals surface area contributed by atoms with Crippen LogP contribution in [0.1, 0.15) is 44.0 Å². The predicted molar refractivity (Wildman–Crippen MR) is 119 cm³/mol. The number of nitro benzene ring substituents is 1. The van der Waals surface area contributed by atoms with Crippen molar-refractivity contribution >= 4 is 19.9 Å². The molecule has 9 nitrogen and oxygen atoms in total. The number of amides is 1. The first kappa shape index (κ1) is 25.1. The lowest BCUT2D eigenvalue weighted by atomic mass is 9.98. The van der Waals surface area contributed by atoms with Crippen LogP contribution >= 0.6 is 0 Å². The second-order valence-corrected chi connectivity index (χ2v) is 14.1. The molecule has 1 saturated heterocycles. The highest BCUT2D eigenvalue weighted by Gasteiger charge is 2.42. The maximum atomic E-state index is 13.3. The number of nitrogens with zero attached hydrogens (tertiary/aromatic N) is 2. The van der Waals surface area contributed by atoms with Gasteiger partial charge in [-0.05, 0) is 31.0 Å². The second-order valence-electron chi connectivity index (χ2n) is 9.34. The zero-order valence-electron chi connectivity index (χ0n) is 19.4. The van der Waals surface area contributed by atoms with E-state index < -0.39 is 25.2 Å². The summed E-state index contributed by atoms with van der Waals surface area (Å²) in [6.45, 7) is 10.9. The Morgan fingerprint density at radius 1 is 1.26 bits per heavy atom. The number of benzene rings is 1. The number of ether oxygens (including phenoxy) is 2. The second kappa shape index (κ2) is 9.54. The minimum atomic E-state index is -2.00. The van der Waals surface area contributed by atoms with Crippen LogP contribution in [0, 0.1) is 10.1 Å². The maximum absolute atomic E-state index is 13.3. The molecule has 0 saturated carbocycles. The van der Waals surface area contributed by atoms with Gasteiger partial charge in [0.2, 0.25) is 0 Å². The molecule has 2 rings (SSSR count). The predicted octanol–water partition coefficient (Wildman–Crippen LogP) is 3.60. The molecule has 1 aromatic carbocycles. The van der Waals surface area contributed by atoms with E-state index in [0.717, 1.165) is 0 Å². The van der Waals surface area contributed by atoms with Crippen LogP contribution in [-0.2, 0) is 4.43 Å². The summed E-state index contributed by atoms with van der Waals surface area (Å²) in [5, 5.41) is 21.6. The van der Waals surface area contributed by atoms with Gasteiger partial charge < -0.3 is 23.9 Å². The first-order chi connectivity index (χ1) is 14.4. The van der Waals surface area contributed by atoms with Crippen molar-refractivity contribution in [2.45, 2.75) is 63.9 Å². The summed E-state index contributed by atoms with van der Waals surface area (Å²) in [6.07, 6.45) is 1.02. The fourth-order valence-electron chi connectivity index (χ4n) is 3.50. The van der Waals surface area contributed by atoms with Gasteiger partial charge in [0.1, 0.15) is 5.56 Å². The average Bonchev–Trinajstić information content (AvgIpc) is 2.70. The van der Waals surface area contributed by atoms with Crippen molar-refractivity contribution in [1.82, 2.24) is 4.90 Å². The van der Waals surface area contributed by atoms with Gasteiger partial charge in [0.25, 0.3) is 11.6 Å². The smallest absolute Gasteiger partial charge is 0.286 e. The number of likely N-dealkylation sites (tertiary alicyclic amines) is 1. The zero-order valence-corrected chi connectivity index (χ0v) is 20.4. The van der Waals surface area contributed by atoms with Crippen molar-refractivity contribution in [3.63, 3.8) is 0 Å². The van der Waals surface area contributed by atoms with Crippen molar-refractivity contribution in [3.05, 3.63) is 27.8 Å². The molecule has 174 valence electrons. The van der Waals surface area contributed by atoms with Crippen LogP contribution in [-0.4, -0.2) is 68.7 Å². The quantitative estimate of drug-likeness (QED) is 0.381. The van der Waals surface area contributed by atoms with Crippen LogP contribution in [0.25, 0.3) is 0 Å². The van der Waals surface area contributed by atoms with Gasteiger partial charge in [-0.3, -0.25) is 14.9 Å². The molecule has 0 spiro atoms. The number of hydrogen-bond acceptors (Lipinski definition) is 7. The van der Waals surface area contributed by atoms with E-state index >= 15 is 0 Å². The normalized spacial score (nSPS) is 19.8. The standard InChI is InChI=1S/C21H34N2O7Si/c1-21(2,3)31(6,7)30-15-8-9-22(14(10-15)13-24)20(25)16-11-18(28-4)19(29-5)12-17(16)23(26)27/h11-12,14-15,24H,8-10,13H2,1-7H3/t14-,15+/m0/s1. The van der Waals surface area contributed by atoms with Gasteiger partial charge in [-0.2, -0.15) is 0 Å². The largest absolute Gasteiger partial charge is 0.493 e. The molecular formula is C21H34N2O7Si. The lowest BCUT2D eigenvalue weighted by molar-refractivity contribution is -0.385. The molecular weight excluding hydrogens is 420 g/mol. The summed E-state index contributed by atoms with van der Waals surface area (Å²) in [7, 11) is 0.775. The number of aliphatic hydroxyl groups is 1. The third-order valence-electron chi connectivity index (χ3n) is 6.34. The first-order valence-corrected chi connectivity index (χ1v) is 13.3. The Labute approximate surface area is 184 Å². The molecule has 2 atom stereocenters. The number of carbonyl (C=O) groups excluding carboxylic acids is 1. The third kappa shape index (κ3) is 5.36. The van der Waals surface area contributed by atoms with Gasteiger partial charge >= 0.3 is 0 Å². The minimum Gasteiger partial charge on any atom is -0.493 e. The summed E-state index contributed by atoms with van der Waals surface area (Å²) < 4.78 is 16.8. The number of methoxy groups -OCH3 is 2. The third-order valence-corrected chi connectivity index (χ3v) is 10.9. The lowest BCUT2D eigenvalue weighted by Crippen LogP contribution is -2.53. The van der Waals surface area contributed by atoms with Crippen LogP contribution in [0.3, 0.4) is 0 Å². The van der Waals surface area contributed by atoms with E-state index in [0.29, 0.717) is 19.4 Å². The summed E-state index contributed by atoms with van der Waals surface area (Å²) in [6, 6.07) is 2.03. The molecule has 0 radical (unpaired) electrons. The Balaban J connectivity index is 2.30. The van der Waals surface area contributed by atoms with Gasteiger partial charge in [-0.1, -0.05) is 20.8 Å². The number of rotatable bonds is 7. The van der Waals surface area contributed by atoms with E-state index in [-0.39, 0.29) is 40.5 Å². The molecule has 0 aliphatic carbocycles. The van der Waals surface area contributed by atoms with Crippen molar-refractivity contribution in [1.29, 1.82) is 0 Å². The number of aliphatic hydroxyl groups excluding tert-OH is 1. The molecule has 10 heteroatoms. The van der Waals surface area contributed by atoms with Crippen LogP contribution in [0.4, 0.5) is 5.69 Å². The summed E-state index contributed by atoms with van der Waals surface area (Å²) in [4.78, 5) is 25.8. The van der Waals surface area contributed by atoms with Gasteiger partial charge in [0.15, 0.2) is 19.8 Å². The fraction of sp³-hybridized carbons (Fsp3) is 0.667. The number of piperidine rings is 1. The van der Waals surface area contributed by atoms with Gasteiger partial charge in [0.05, 0.1) is 37.9 Å². The van der Waals surface area contributed by atoms with Crippen molar-refractivity contribution in [2.75, 3.05) is 27.4 Å². The first-order valence-electron chi connectivity index (χ1n) is 10.4. The van der Waals surface area contributed by atoms with E-state index in [1.165, 1.54) is 31.3 Å². The highest BCUT2D eigenvalue weighted by molar-refractivity contribution is 6.74. The lowest BCUT2D eigenvalue weighted by Gasteiger charge is -2.44. The Morgan fingerprint density at radius 3 is 2.32 bits per heavy atom. The topological polar surface area (TPSA) is 111 Å². The number of hydrogen-bond donors (Lipinski definition) is 1. The van der Waals surface area contributed by atoms with E-state index in [4.69, 9.17) is 13.9 Å². The molecule has 0 bridgehead atoms. The molecule has 31 heavy (non-hydrogen) atoms. The fourth-order valence-corrected chi connectivity index (χ4v) is 4.90. The monoisotopic (exact) mass is 454 g/mol. The van der Waals surface area contributed by atoms with E-state index in [9.17, 15) is 20.0 Å². The SMILES string of the molecule is COc1cc(C(=O)N2CC[C@@H](O[Si](C)(C)C(C)(C)C)C[C@H]2CO)c([N+](=O)[O-])cc1OC. The Hall–Kier alpha value is -2.17. The maximum Gasteiger partial charge on any atom is 0.286 e. The van der Waals surface area contributed by atoms with E-state index in [2.05, 4.69) is 33.9 Å². The molecule has 1 aromatic rings.